The second-order valence-corrected chi connectivity index (χ2v) is 7.34. The summed E-state index contributed by atoms with van der Waals surface area (Å²) in [4.78, 5) is 22.2. The molecule has 0 aliphatic rings. The van der Waals surface area contributed by atoms with Crippen molar-refractivity contribution in [2.45, 2.75) is 18.9 Å². The van der Waals surface area contributed by atoms with Crippen LogP contribution in [-0.4, -0.2) is 26.5 Å². The van der Waals surface area contributed by atoms with Crippen molar-refractivity contribution in [3.63, 3.8) is 0 Å². The lowest BCUT2D eigenvalue weighted by Crippen LogP contribution is -2.15. The molecule has 174 valence electrons. The van der Waals surface area contributed by atoms with E-state index >= 15 is 0 Å². The fraction of sp³-hybridized carbons (Fsp3) is 0.143. The van der Waals surface area contributed by atoms with E-state index in [1.807, 2.05) is 0 Å². The first kappa shape index (κ1) is 24.2. The fourth-order valence-electron chi connectivity index (χ4n) is 3.21. The summed E-state index contributed by atoms with van der Waals surface area (Å²) in [7, 11) is 0. The van der Waals surface area contributed by atoms with E-state index in [1.165, 1.54) is 22.8 Å². The number of fused-ring (bicyclic) bond motifs is 1. The molecule has 0 radical (unpaired) electrons. The number of halogens is 7. The maximum atomic E-state index is 13.5. The highest BCUT2D eigenvalue weighted by Gasteiger charge is 2.38. The largest absolute Gasteiger partial charge is 0.507 e. The third-order valence-electron chi connectivity index (χ3n) is 4.68. The molecule has 12 heteroatoms. The van der Waals surface area contributed by atoms with Crippen molar-refractivity contribution in [1.82, 2.24) is 4.57 Å². The molecular formula is C21H12ClF6NO4. The van der Waals surface area contributed by atoms with E-state index in [9.17, 15) is 41.0 Å². The van der Waals surface area contributed by atoms with Gasteiger partial charge in [0.05, 0.1) is 11.1 Å². The molecule has 0 unspecified atom stereocenters. The van der Waals surface area contributed by atoms with Crippen molar-refractivity contribution in [3.8, 4) is 0 Å². The van der Waals surface area contributed by atoms with Crippen molar-refractivity contribution in [3.05, 3.63) is 75.9 Å². The van der Waals surface area contributed by atoms with E-state index in [4.69, 9.17) is 16.7 Å². The number of nitrogens with zero attached hydrogens (tertiary/aromatic N) is 1. The van der Waals surface area contributed by atoms with Gasteiger partial charge in [0.1, 0.15) is 5.76 Å². The number of carbonyl (C=O) groups is 2. The van der Waals surface area contributed by atoms with Gasteiger partial charge in [-0.2, -0.15) is 26.3 Å². The third kappa shape index (κ3) is 5.14. The van der Waals surface area contributed by atoms with Gasteiger partial charge in [-0.1, -0.05) is 17.7 Å². The van der Waals surface area contributed by atoms with Crippen molar-refractivity contribution >= 4 is 40.0 Å². The van der Waals surface area contributed by atoms with E-state index in [2.05, 4.69) is 0 Å². The molecule has 5 nitrogen and oxygen atoms in total. The summed E-state index contributed by atoms with van der Waals surface area (Å²) in [6.07, 6.45) is -8.50. The molecule has 1 heterocycles. The number of hydrogen-bond acceptors (Lipinski definition) is 3. The molecule has 0 fully saturated rings. The molecule has 0 bridgehead atoms. The molecule has 0 spiro atoms. The maximum absolute atomic E-state index is 13.5. The topological polar surface area (TPSA) is 79.5 Å². The zero-order chi connectivity index (χ0) is 24.7. The average Bonchev–Trinajstić information content (AvgIpc) is 3.04. The molecule has 0 atom stereocenters. The Hall–Kier alpha value is -3.47. The molecule has 0 saturated carbocycles. The molecule has 0 amide bonds. The smallest absolute Gasteiger partial charge is 0.416 e. The Morgan fingerprint density at radius 3 is 2.21 bits per heavy atom. The number of carbonyl (C=O) groups excluding carboxylic acids is 1. The minimum absolute atomic E-state index is 0.0156. The summed E-state index contributed by atoms with van der Waals surface area (Å²) in [6, 6.07) is 5.36. The number of hydrogen-bond donors (Lipinski definition) is 2. The number of aliphatic hydroxyl groups excluding tert-OH is 1. The van der Waals surface area contributed by atoms with E-state index < -0.39 is 53.1 Å². The lowest BCUT2D eigenvalue weighted by Gasteiger charge is -2.17. The maximum Gasteiger partial charge on any atom is 0.416 e. The number of rotatable bonds is 5. The zero-order valence-electron chi connectivity index (χ0n) is 16.1. The Morgan fingerprint density at radius 1 is 0.970 bits per heavy atom. The Kier molecular flexibility index (Phi) is 6.20. The predicted molar refractivity (Wildman–Crippen MR) is 106 cm³/mol. The van der Waals surface area contributed by atoms with Crippen molar-refractivity contribution in [1.29, 1.82) is 0 Å². The zero-order valence-corrected chi connectivity index (χ0v) is 16.9. The van der Waals surface area contributed by atoms with E-state index in [0.29, 0.717) is 18.2 Å². The van der Waals surface area contributed by atoms with E-state index in [1.54, 1.807) is 0 Å². The first-order valence-electron chi connectivity index (χ1n) is 8.92. The highest BCUT2D eigenvalue weighted by molar-refractivity contribution is 6.38. The number of alkyl halides is 6. The van der Waals surface area contributed by atoms with Crippen molar-refractivity contribution in [2.75, 3.05) is 0 Å². The summed E-state index contributed by atoms with van der Waals surface area (Å²) in [5, 5.41) is 19.3. The van der Waals surface area contributed by atoms with Crippen LogP contribution >= 0.6 is 11.6 Å². The van der Waals surface area contributed by atoms with Gasteiger partial charge in [-0.15, -0.1) is 0 Å². The highest BCUT2D eigenvalue weighted by atomic mass is 35.5. The van der Waals surface area contributed by atoms with Gasteiger partial charge in [0.25, 0.3) is 5.78 Å². The van der Waals surface area contributed by atoms with Gasteiger partial charge in [-0.3, -0.25) is 4.79 Å². The Bertz CT molecular complexity index is 1290. The summed E-state index contributed by atoms with van der Waals surface area (Å²) in [5.41, 5.74) is -3.32. The summed E-state index contributed by atoms with van der Waals surface area (Å²) in [6.45, 7) is -0.550. The number of carboxylic acid groups (broad SMARTS) is 1. The van der Waals surface area contributed by atoms with Gasteiger partial charge in [-0.05, 0) is 35.9 Å². The second-order valence-electron chi connectivity index (χ2n) is 6.90. The fourth-order valence-corrected chi connectivity index (χ4v) is 3.38. The molecule has 33 heavy (non-hydrogen) atoms. The minimum atomic E-state index is -5.08. The number of aromatic nitrogens is 1. The summed E-state index contributed by atoms with van der Waals surface area (Å²) < 4.78 is 80.5. The average molecular weight is 492 g/mol. The molecule has 2 N–H and O–H groups in total. The lowest BCUT2D eigenvalue weighted by molar-refractivity contribution is -0.146. The number of ketones is 1. The molecule has 2 aromatic carbocycles. The van der Waals surface area contributed by atoms with Crippen LogP contribution in [0.25, 0.3) is 16.7 Å². The monoisotopic (exact) mass is 491 g/mol. The molecular weight excluding hydrogens is 480 g/mol. The van der Waals surface area contributed by atoms with E-state index in [0.717, 1.165) is 6.20 Å². The standard InChI is InChI=1S/C21H12ClF6NO4/c22-12-3-4-16-13(6-12)14(17(30)7-18(31)19(32)33)9-29(16)8-10-1-2-11(20(23,24)25)5-15(10)21(26,27)28/h1-7,9,30H,8H2,(H,32,33)/b17-7-. The SMILES string of the molecule is O=C(O)C(=O)/C=C(\O)c1cn(Cc2ccc(C(F)(F)F)cc2C(F)(F)F)c2ccc(Cl)cc12. The lowest BCUT2D eigenvalue weighted by atomic mass is 10.0. The Balaban J connectivity index is 2.17. The predicted octanol–water partition coefficient (Wildman–Crippen LogP) is 5.93. The van der Waals surface area contributed by atoms with Crippen LogP contribution in [0.1, 0.15) is 22.3 Å². The van der Waals surface area contributed by atoms with Crippen LogP contribution in [0.2, 0.25) is 5.02 Å². The second kappa shape index (κ2) is 8.47. The first-order valence-corrected chi connectivity index (χ1v) is 9.30. The number of carboxylic acids is 1. The number of benzene rings is 2. The van der Waals surface area contributed by atoms with Crippen LogP contribution in [0.5, 0.6) is 0 Å². The molecule has 0 aliphatic heterocycles. The summed E-state index contributed by atoms with van der Waals surface area (Å²) in [5.74, 6) is -4.07. The normalized spacial score (nSPS) is 12.9. The highest BCUT2D eigenvalue weighted by Crippen LogP contribution is 2.38. The minimum Gasteiger partial charge on any atom is -0.507 e. The molecule has 3 rings (SSSR count). The van der Waals surface area contributed by atoms with Crippen LogP contribution in [0, 0.1) is 0 Å². The van der Waals surface area contributed by atoms with Gasteiger partial charge in [0.2, 0.25) is 0 Å². The summed E-state index contributed by atoms with van der Waals surface area (Å²) >= 11 is 5.94. The van der Waals surface area contributed by atoms with E-state index in [-0.39, 0.29) is 27.6 Å². The first-order chi connectivity index (χ1) is 15.2. The molecule has 0 aliphatic carbocycles. The van der Waals surface area contributed by atoms with Crippen LogP contribution < -0.4 is 0 Å². The van der Waals surface area contributed by atoms with Crippen LogP contribution in [0.3, 0.4) is 0 Å². The molecule has 1 aromatic heterocycles. The van der Waals surface area contributed by atoms with Crippen LogP contribution in [0.15, 0.2) is 48.7 Å². The van der Waals surface area contributed by atoms with Crippen molar-refractivity contribution in [2.24, 2.45) is 0 Å². The van der Waals surface area contributed by atoms with Gasteiger partial charge < -0.3 is 14.8 Å². The Morgan fingerprint density at radius 2 is 1.64 bits per heavy atom. The number of aliphatic hydroxyl groups is 1. The van der Waals surface area contributed by atoms with Gasteiger partial charge in [-0.25, -0.2) is 4.79 Å². The van der Waals surface area contributed by atoms with Crippen LogP contribution in [-0.2, 0) is 28.5 Å². The van der Waals surface area contributed by atoms with Crippen LogP contribution in [0.4, 0.5) is 26.3 Å². The Labute approximate surface area is 186 Å². The third-order valence-corrected chi connectivity index (χ3v) is 4.92. The molecule has 0 saturated heterocycles. The van der Waals surface area contributed by atoms with Crippen molar-refractivity contribution < 1.29 is 46.1 Å². The van der Waals surface area contributed by atoms with Gasteiger partial charge >= 0.3 is 18.3 Å². The molecule has 3 aromatic rings. The van der Waals surface area contributed by atoms with Gasteiger partial charge in [0, 0.05) is 40.3 Å². The van der Waals surface area contributed by atoms with Gasteiger partial charge in [0.15, 0.2) is 0 Å². The number of aliphatic carboxylic acids is 1. The quantitative estimate of drug-likeness (QED) is 0.200.